The molecule has 20 heavy (non-hydrogen) atoms. The molecule has 108 valence electrons. The van der Waals surface area contributed by atoms with E-state index in [1.807, 2.05) is 0 Å². The number of aromatic nitrogens is 3. The maximum Gasteiger partial charge on any atom is 0.244 e. The van der Waals surface area contributed by atoms with Crippen LogP contribution < -0.4 is 10.5 Å². The van der Waals surface area contributed by atoms with E-state index in [1.165, 1.54) is 12.4 Å². The van der Waals surface area contributed by atoms with Gasteiger partial charge in [0, 0.05) is 5.69 Å². The molecule has 0 aliphatic heterocycles. The van der Waals surface area contributed by atoms with Gasteiger partial charge in [0.1, 0.15) is 17.0 Å². The summed E-state index contributed by atoms with van der Waals surface area (Å²) in [7, 11) is -4.08. The molecule has 1 aromatic carbocycles. The minimum Gasteiger partial charge on any atom is -0.399 e. The van der Waals surface area contributed by atoms with Crippen molar-refractivity contribution in [2.75, 3.05) is 5.73 Å². The second-order valence-electron chi connectivity index (χ2n) is 4.03. The second-order valence-corrected chi connectivity index (χ2v) is 6.57. The van der Waals surface area contributed by atoms with Crippen LogP contribution in [0.5, 0.6) is 0 Å². The summed E-state index contributed by atoms with van der Waals surface area (Å²) < 4.78 is 40.5. The molecule has 1 unspecified atom stereocenters. The quantitative estimate of drug-likeness (QED) is 0.709. The third-order valence-corrected chi connectivity index (χ3v) is 4.60. The molecule has 1 heterocycles. The molecule has 7 nitrogen and oxygen atoms in total. The first-order valence-electron chi connectivity index (χ1n) is 5.43. The Morgan fingerprint density at radius 1 is 1.50 bits per heavy atom. The number of sulfonamides is 1. The van der Waals surface area contributed by atoms with Crippen molar-refractivity contribution in [1.82, 2.24) is 19.9 Å². The number of nitrogen functional groups attached to an aromatic ring is 1. The standard InChI is InChI=1S/C10H11BrFN5O2S/c1-5(10-14-4-15-16-10)17-20(18,19)8-3-6(13)2-7(11)9(8)12/h2-5,17H,13H2,1H3,(H,14,15,16). The van der Waals surface area contributed by atoms with E-state index in [2.05, 4.69) is 35.8 Å². The Morgan fingerprint density at radius 2 is 2.20 bits per heavy atom. The first-order chi connectivity index (χ1) is 9.31. The molecular weight excluding hydrogens is 353 g/mol. The zero-order valence-corrected chi connectivity index (χ0v) is 12.7. The van der Waals surface area contributed by atoms with Gasteiger partial charge in [-0.05, 0) is 35.0 Å². The van der Waals surface area contributed by atoms with Gasteiger partial charge in [-0.15, -0.1) is 0 Å². The van der Waals surface area contributed by atoms with Crippen LogP contribution in [-0.2, 0) is 10.0 Å². The summed E-state index contributed by atoms with van der Waals surface area (Å²) in [5.74, 6) is -0.589. The molecule has 0 bridgehead atoms. The van der Waals surface area contributed by atoms with Crippen LogP contribution in [0.3, 0.4) is 0 Å². The highest BCUT2D eigenvalue weighted by atomic mass is 79.9. The van der Waals surface area contributed by atoms with Crippen molar-refractivity contribution in [3.05, 3.63) is 34.6 Å². The van der Waals surface area contributed by atoms with E-state index in [0.29, 0.717) is 5.82 Å². The molecule has 0 radical (unpaired) electrons. The van der Waals surface area contributed by atoms with Crippen LogP contribution in [0.1, 0.15) is 18.8 Å². The van der Waals surface area contributed by atoms with Crippen LogP contribution in [0.15, 0.2) is 27.8 Å². The smallest absolute Gasteiger partial charge is 0.244 e. The number of H-pyrrole nitrogens is 1. The molecule has 4 N–H and O–H groups in total. The molecule has 0 amide bonds. The van der Waals surface area contributed by atoms with E-state index < -0.39 is 26.8 Å². The predicted octanol–water partition coefficient (Wildman–Crippen LogP) is 1.33. The summed E-state index contributed by atoms with van der Waals surface area (Å²) in [6.45, 7) is 1.55. The molecular formula is C10H11BrFN5O2S. The van der Waals surface area contributed by atoms with Crippen molar-refractivity contribution >= 4 is 31.6 Å². The Bertz CT molecular complexity index is 719. The van der Waals surface area contributed by atoms with Crippen LogP contribution in [0.4, 0.5) is 10.1 Å². The maximum atomic E-state index is 13.9. The molecule has 1 atom stereocenters. The Labute approximate surface area is 123 Å². The molecule has 0 aliphatic rings. The van der Waals surface area contributed by atoms with Gasteiger partial charge in [-0.1, -0.05) is 0 Å². The zero-order valence-electron chi connectivity index (χ0n) is 10.3. The molecule has 0 aliphatic carbocycles. The van der Waals surface area contributed by atoms with Gasteiger partial charge in [-0.2, -0.15) is 5.10 Å². The van der Waals surface area contributed by atoms with Crippen LogP contribution >= 0.6 is 15.9 Å². The number of nitrogens with one attached hydrogen (secondary N) is 2. The van der Waals surface area contributed by atoms with Gasteiger partial charge < -0.3 is 5.73 Å². The molecule has 0 spiro atoms. The third kappa shape index (κ3) is 2.97. The van der Waals surface area contributed by atoms with Crippen molar-refractivity contribution in [2.24, 2.45) is 0 Å². The largest absolute Gasteiger partial charge is 0.399 e. The van der Waals surface area contributed by atoms with E-state index in [1.54, 1.807) is 6.92 Å². The molecule has 2 aromatic rings. The minimum atomic E-state index is -4.08. The van der Waals surface area contributed by atoms with Gasteiger partial charge in [0.2, 0.25) is 10.0 Å². The number of aromatic amines is 1. The first-order valence-corrected chi connectivity index (χ1v) is 7.71. The van der Waals surface area contributed by atoms with Crippen molar-refractivity contribution < 1.29 is 12.8 Å². The Kier molecular flexibility index (Phi) is 4.06. The highest BCUT2D eigenvalue weighted by molar-refractivity contribution is 9.10. The van der Waals surface area contributed by atoms with E-state index in [9.17, 15) is 12.8 Å². The van der Waals surface area contributed by atoms with E-state index in [0.717, 1.165) is 6.07 Å². The Hall–Kier alpha value is -1.52. The van der Waals surface area contributed by atoms with E-state index in [-0.39, 0.29) is 10.2 Å². The minimum absolute atomic E-state index is 0.0230. The topological polar surface area (TPSA) is 114 Å². The van der Waals surface area contributed by atoms with Crippen LogP contribution in [0, 0.1) is 5.82 Å². The second kappa shape index (κ2) is 5.46. The van der Waals surface area contributed by atoms with Crippen molar-refractivity contribution in [3.8, 4) is 0 Å². The lowest BCUT2D eigenvalue weighted by Crippen LogP contribution is -2.28. The van der Waals surface area contributed by atoms with Crippen molar-refractivity contribution in [1.29, 1.82) is 0 Å². The highest BCUT2D eigenvalue weighted by Crippen LogP contribution is 2.26. The summed E-state index contributed by atoms with van der Waals surface area (Å²) in [5.41, 5.74) is 5.66. The summed E-state index contributed by atoms with van der Waals surface area (Å²) in [4.78, 5) is 3.30. The van der Waals surface area contributed by atoms with E-state index in [4.69, 9.17) is 5.73 Å². The zero-order chi connectivity index (χ0) is 14.9. The van der Waals surface area contributed by atoms with Crippen molar-refractivity contribution in [2.45, 2.75) is 17.9 Å². The van der Waals surface area contributed by atoms with E-state index >= 15 is 0 Å². The summed E-state index contributed by atoms with van der Waals surface area (Å²) in [6.07, 6.45) is 1.25. The molecule has 0 saturated carbocycles. The molecule has 10 heteroatoms. The number of benzene rings is 1. The Balaban J connectivity index is 2.36. The number of halogens is 2. The lowest BCUT2D eigenvalue weighted by molar-refractivity contribution is 0.540. The number of nitrogens with two attached hydrogens (primary N) is 1. The van der Waals surface area contributed by atoms with Gasteiger partial charge in [-0.3, -0.25) is 5.10 Å². The average Bonchev–Trinajstić information content (AvgIpc) is 2.86. The number of anilines is 1. The lowest BCUT2D eigenvalue weighted by Gasteiger charge is -2.13. The van der Waals surface area contributed by atoms with Gasteiger partial charge in [0.05, 0.1) is 10.5 Å². The fraction of sp³-hybridized carbons (Fsp3) is 0.200. The maximum absolute atomic E-state index is 13.9. The molecule has 2 rings (SSSR count). The first kappa shape index (κ1) is 14.9. The van der Waals surface area contributed by atoms with Crippen molar-refractivity contribution in [3.63, 3.8) is 0 Å². The number of nitrogens with zero attached hydrogens (tertiary/aromatic N) is 2. The van der Waals surface area contributed by atoms with Crippen LogP contribution in [0.2, 0.25) is 0 Å². The lowest BCUT2D eigenvalue weighted by atomic mass is 10.3. The van der Waals surface area contributed by atoms with Crippen LogP contribution in [0.25, 0.3) is 0 Å². The third-order valence-electron chi connectivity index (χ3n) is 2.48. The summed E-state index contributed by atoms with van der Waals surface area (Å²) in [5, 5.41) is 6.15. The molecule has 1 aromatic heterocycles. The normalized spacial score (nSPS) is 13.3. The summed E-state index contributed by atoms with van der Waals surface area (Å²) in [6, 6.07) is 1.64. The van der Waals surface area contributed by atoms with Gasteiger partial charge >= 0.3 is 0 Å². The molecule has 0 fully saturated rings. The van der Waals surface area contributed by atoms with Crippen LogP contribution in [-0.4, -0.2) is 23.6 Å². The Morgan fingerprint density at radius 3 is 2.80 bits per heavy atom. The number of hydrogen-bond donors (Lipinski definition) is 3. The van der Waals surface area contributed by atoms with Gasteiger partial charge in [-0.25, -0.2) is 22.5 Å². The fourth-order valence-electron chi connectivity index (χ4n) is 1.55. The highest BCUT2D eigenvalue weighted by Gasteiger charge is 2.25. The monoisotopic (exact) mass is 363 g/mol. The average molecular weight is 364 g/mol. The molecule has 0 saturated heterocycles. The van der Waals surface area contributed by atoms with Gasteiger partial charge in [0.25, 0.3) is 0 Å². The predicted molar refractivity (Wildman–Crippen MR) is 73.6 cm³/mol. The summed E-state index contributed by atoms with van der Waals surface area (Å²) >= 11 is 2.92. The SMILES string of the molecule is CC(NS(=O)(=O)c1cc(N)cc(Br)c1F)c1ncn[nH]1. The number of hydrogen-bond acceptors (Lipinski definition) is 5. The van der Waals surface area contributed by atoms with Gasteiger partial charge in [0.15, 0.2) is 5.82 Å². The fourth-order valence-corrected chi connectivity index (χ4v) is 3.51. The number of rotatable bonds is 4.